The van der Waals surface area contributed by atoms with Crippen LogP contribution in [0.1, 0.15) is 5.56 Å². The third-order valence-corrected chi connectivity index (χ3v) is 2.64. The summed E-state index contributed by atoms with van der Waals surface area (Å²) in [4.78, 5) is 3.80. The van der Waals surface area contributed by atoms with E-state index in [9.17, 15) is 4.39 Å². The fourth-order valence-corrected chi connectivity index (χ4v) is 1.69. The van der Waals surface area contributed by atoms with Crippen LogP contribution in [0.3, 0.4) is 0 Å². The van der Waals surface area contributed by atoms with Crippen molar-refractivity contribution in [2.75, 3.05) is 5.73 Å². The normalized spacial score (nSPS) is 10.5. The van der Waals surface area contributed by atoms with Crippen LogP contribution in [0.5, 0.6) is 0 Å². The van der Waals surface area contributed by atoms with Crippen molar-refractivity contribution in [2.24, 2.45) is 0 Å². The molecular weight excluding hydrogens is 263 g/mol. The molecule has 0 aliphatic carbocycles. The van der Waals surface area contributed by atoms with Crippen LogP contribution in [0, 0.1) is 5.82 Å². The predicted molar refractivity (Wildman–Crippen MR) is 57.6 cm³/mol. The fourth-order valence-electron chi connectivity index (χ4n) is 1.21. The summed E-state index contributed by atoms with van der Waals surface area (Å²) >= 11 is 3.28. The fraction of sp³-hybridized carbons (Fsp3) is 0.111. The van der Waals surface area contributed by atoms with Crippen LogP contribution in [0.25, 0.3) is 0 Å². The molecule has 0 bridgehead atoms. The summed E-state index contributed by atoms with van der Waals surface area (Å²) in [6, 6.07) is 4.51. The maximum atomic E-state index is 12.8. The van der Waals surface area contributed by atoms with E-state index in [1.165, 1.54) is 18.5 Å². The number of aromatic nitrogens is 3. The minimum Gasteiger partial charge on any atom is -0.367 e. The molecule has 1 aromatic carbocycles. The van der Waals surface area contributed by atoms with Crippen LogP contribution < -0.4 is 5.73 Å². The molecule has 0 spiro atoms. The zero-order valence-corrected chi connectivity index (χ0v) is 9.28. The van der Waals surface area contributed by atoms with Gasteiger partial charge in [-0.05, 0) is 17.7 Å². The Bertz CT molecular complexity index is 483. The molecule has 0 atom stereocenters. The highest BCUT2D eigenvalue weighted by Gasteiger charge is 2.03. The molecule has 1 aromatic heterocycles. The van der Waals surface area contributed by atoms with Gasteiger partial charge in [-0.15, -0.1) is 5.10 Å². The van der Waals surface area contributed by atoms with E-state index in [4.69, 9.17) is 5.73 Å². The summed E-state index contributed by atoms with van der Waals surface area (Å²) in [5.74, 6) is -0.0445. The third-order valence-electron chi connectivity index (χ3n) is 1.90. The van der Waals surface area contributed by atoms with Gasteiger partial charge in [-0.1, -0.05) is 22.0 Å². The first-order chi connectivity index (χ1) is 7.15. The highest BCUT2D eigenvalue weighted by atomic mass is 79.9. The largest absolute Gasteiger partial charge is 0.367 e. The summed E-state index contributed by atoms with van der Waals surface area (Å²) < 4.78 is 15.1. The van der Waals surface area contributed by atoms with E-state index in [2.05, 4.69) is 26.0 Å². The Kier molecular flexibility index (Phi) is 2.68. The average Bonchev–Trinajstić information content (AvgIpc) is 2.56. The molecular formula is C9H8BrFN4. The van der Waals surface area contributed by atoms with Crippen LogP contribution in [0.2, 0.25) is 0 Å². The number of benzene rings is 1. The van der Waals surface area contributed by atoms with Gasteiger partial charge in [-0.25, -0.2) is 14.1 Å². The molecule has 78 valence electrons. The minimum atomic E-state index is -0.274. The van der Waals surface area contributed by atoms with Crippen LogP contribution >= 0.6 is 15.9 Å². The molecule has 2 N–H and O–H groups in total. The van der Waals surface area contributed by atoms with Gasteiger partial charge in [0.05, 0.1) is 6.54 Å². The lowest BCUT2D eigenvalue weighted by molar-refractivity contribution is 0.623. The summed E-state index contributed by atoms with van der Waals surface area (Å²) in [6.07, 6.45) is 1.53. The quantitative estimate of drug-likeness (QED) is 0.906. The van der Waals surface area contributed by atoms with Gasteiger partial charge in [0, 0.05) is 4.47 Å². The smallest absolute Gasteiger partial charge is 0.239 e. The Morgan fingerprint density at radius 3 is 2.87 bits per heavy atom. The van der Waals surface area contributed by atoms with Gasteiger partial charge >= 0.3 is 0 Å². The number of nitrogens with zero attached hydrogens (tertiary/aromatic N) is 3. The molecule has 0 radical (unpaired) electrons. The lowest BCUT2D eigenvalue weighted by Gasteiger charge is -2.03. The summed E-state index contributed by atoms with van der Waals surface area (Å²) in [6.45, 7) is 0.505. The lowest BCUT2D eigenvalue weighted by atomic mass is 10.2. The summed E-state index contributed by atoms with van der Waals surface area (Å²) in [5, 5.41) is 3.94. The second-order valence-electron chi connectivity index (χ2n) is 3.04. The van der Waals surface area contributed by atoms with E-state index in [1.807, 2.05) is 0 Å². The lowest BCUT2D eigenvalue weighted by Crippen LogP contribution is -2.02. The van der Waals surface area contributed by atoms with E-state index in [-0.39, 0.29) is 11.8 Å². The molecule has 0 unspecified atom stereocenters. The highest BCUT2D eigenvalue weighted by Crippen LogP contribution is 2.18. The number of hydrogen-bond acceptors (Lipinski definition) is 3. The maximum absolute atomic E-state index is 12.8. The Morgan fingerprint density at radius 2 is 2.27 bits per heavy atom. The minimum absolute atomic E-state index is 0.230. The van der Waals surface area contributed by atoms with Crippen molar-refractivity contribution in [3.8, 4) is 0 Å². The number of nitrogens with two attached hydrogens (primary N) is 1. The second-order valence-corrected chi connectivity index (χ2v) is 3.89. The van der Waals surface area contributed by atoms with E-state index < -0.39 is 0 Å². The van der Waals surface area contributed by atoms with Gasteiger partial charge in [0.1, 0.15) is 12.1 Å². The Balaban J connectivity index is 2.24. The number of anilines is 1. The van der Waals surface area contributed by atoms with Gasteiger partial charge in [0.15, 0.2) is 0 Å². The monoisotopic (exact) mass is 270 g/mol. The van der Waals surface area contributed by atoms with E-state index in [0.717, 1.165) is 5.56 Å². The maximum Gasteiger partial charge on any atom is 0.239 e. The Morgan fingerprint density at radius 1 is 1.47 bits per heavy atom. The zero-order chi connectivity index (χ0) is 10.8. The molecule has 2 rings (SSSR count). The van der Waals surface area contributed by atoms with Gasteiger partial charge in [0.25, 0.3) is 0 Å². The van der Waals surface area contributed by atoms with Crippen molar-refractivity contribution in [1.29, 1.82) is 0 Å². The summed E-state index contributed by atoms with van der Waals surface area (Å²) in [7, 11) is 0. The zero-order valence-electron chi connectivity index (χ0n) is 7.69. The van der Waals surface area contributed by atoms with Crippen LogP contribution in [0.4, 0.5) is 10.3 Å². The number of rotatable bonds is 2. The second kappa shape index (κ2) is 3.98. The van der Waals surface area contributed by atoms with Crippen molar-refractivity contribution < 1.29 is 4.39 Å². The highest BCUT2D eigenvalue weighted by molar-refractivity contribution is 9.10. The number of halogens is 2. The molecule has 15 heavy (non-hydrogen) atoms. The number of hydrogen-bond donors (Lipinski definition) is 1. The summed E-state index contributed by atoms with van der Waals surface area (Å²) in [5.41, 5.74) is 6.30. The Hall–Kier alpha value is -1.43. The molecule has 2 aromatic rings. The predicted octanol–water partition coefficient (Wildman–Crippen LogP) is 1.81. The molecule has 0 saturated carbocycles. The molecule has 0 saturated heterocycles. The van der Waals surface area contributed by atoms with Crippen LogP contribution in [-0.4, -0.2) is 14.8 Å². The van der Waals surface area contributed by atoms with Crippen molar-refractivity contribution in [1.82, 2.24) is 14.8 Å². The molecule has 6 heteroatoms. The van der Waals surface area contributed by atoms with E-state index >= 15 is 0 Å². The first kappa shape index (κ1) is 10.1. The van der Waals surface area contributed by atoms with Crippen molar-refractivity contribution in [3.63, 3.8) is 0 Å². The van der Waals surface area contributed by atoms with Crippen molar-refractivity contribution in [2.45, 2.75) is 6.54 Å². The molecule has 0 amide bonds. The van der Waals surface area contributed by atoms with Crippen molar-refractivity contribution >= 4 is 21.9 Å². The van der Waals surface area contributed by atoms with Crippen LogP contribution in [-0.2, 0) is 6.54 Å². The van der Waals surface area contributed by atoms with E-state index in [0.29, 0.717) is 11.0 Å². The molecule has 0 aliphatic heterocycles. The standard InChI is InChI=1S/C9H8BrFN4/c10-8-3-7(11)2-1-6(8)4-15-5-13-9(12)14-15/h1-3,5H,4H2,(H2,12,14). The average molecular weight is 271 g/mol. The molecule has 0 aliphatic rings. The molecule has 0 fully saturated rings. The third kappa shape index (κ3) is 2.33. The topological polar surface area (TPSA) is 56.7 Å². The first-order valence-corrected chi connectivity index (χ1v) is 5.03. The Labute approximate surface area is 94.1 Å². The van der Waals surface area contributed by atoms with Gasteiger partial charge in [-0.3, -0.25) is 0 Å². The first-order valence-electron chi connectivity index (χ1n) is 4.24. The van der Waals surface area contributed by atoms with Crippen molar-refractivity contribution in [3.05, 3.63) is 40.4 Å². The molecule has 1 heterocycles. The van der Waals surface area contributed by atoms with Crippen LogP contribution in [0.15, 0.2) is 29.0 Å². The van der Waals surface area contributed by atoms with Gasteiger partial charge in [-0.2, -0.15) is 0 Å². The van der Waals surface area contributed by atoms with Gasteiger partial charge < -0.3 is 5.73 Å². The SMILES string of the molecule is Nc1ncn(Cc2ccc(F)cc2Br)n1. The van der Waals surface area contributed by atoms with E-state index in [1.54, 1.807) is 10.7 Å². The molecule has 4 nitrogen and oxygen atoms in total. The number of nitrogen functional groups attached to an aromatic ring is 1. The van der Waals surface area contributed by atoms with Gasteiger partial charge in [0.2, 0.25) is 5.95 Å².